The maximum absolute atomic E-state index is 4.56. The summed E-state index contributed by atoms with van der Waals surface area (Å²) in [5.41, 5.74) is 2.39. The van der Waals surface area contributed by atoms with Crippen LogP contribution in [-0.2, 0) is 13.1 Å². The lowest BCUT2D eigenvalue weighted by Crippen LogP contribution is -2.34. The van der Waals surface area contributed by atoms with Gasteiger partial charge in [-0.05, 0) is 62.7 Å². The van der Waals surface area contributed by atoms with Gasteiger partial charge in [0, 0.05) is 21.8 Å². The van der Waals surface area contributed by atoms with Gasteiger partial charge in [-0.3, -0.25) is 4.68 Å². The van der Waals surface area contributed by atoms with Crippen molar-refractivity contribution in [3.05, 3.63) is 37.7 Å². The Hall–Kier alpha value is -0.650. The summed E-state index contributed by atoms with van der Waals surface area (Å²) in [5.74, 6) is 0. The molecule has 0 saturated heterocycles. The number of nitrogens with zero attached hydrogens (tertiary/aromatic N) is 2. The summed E-state index contributed by atoms with van der Waals surface area (Å²) in [6.45, 7) is 12.5. The standard InChI is InChI=1S/C15H22BrN3S/c1-10-14(16)11(2)19(18-10)9-13-7-6-12(20-13)8-17-15(3,4)5/h6-7,17H,8-9H2,1-5H3. The van der Waals surface area contributed by atoms with Crippen molar-refractivity contribution in [2.24, 2.45) is 0 Å². The zero-order valence-corrected chi connectivity index (χ0v) is 15.2. The van der Waals surface area contributed by atoms with Gasteiger partial charge in [-0.25, -0.2) is 0 Å². The van der Waals surface area contributed by atoms with Crippen molar-refractivity contribution in [2.45, 2.75) is 53.2 Å². The number of hydrogen-bond donors (Lipinski definition) is 1. The van der Waals surface area contributed by atoms with Gasteiger partial charge in [0.15, 0.2) is 0 Å². The molecule has 0 aliphatic rings. The molecule has 0 aromatic carbocycles. The van der Waals surface area contributed by atoms with E-state index in [1.54, 1.807) is 0 Å². The van der Waals surface area contributed by atoms with Crippen LogP contribution >= 0.6 is 27.3 Å². The molecule has 0 aliphatic heterocycles. The van der Waals surface area contributed by atoms with Crippen molar-refractivity contribution >= 4 is 27.3 Å². The van der Waals surface area contributed by atoms with Crippen LogP contribution in [0, 0.1) is 13.8 Å². The first kappa shape index (κ1) is 15.7. The first-order valence-corrected chi connectivity index (χ1v) is 8.39. The summed E-state index contributed by atoms with van der Waals surface area (Å²) in [4.78, 5) is 2.71. The largest absolute Gasteiger partial charge is 0.307 e. The molecule has 110 valence electrons. The predicted octanol–water partition coefficient (Wildman–Crippen LogP) is 4.26. The quantitative estimate of drug-likeness (QED) is 0.887. The Morgan fingerprint density at radius 3 is 2.45 bits per heavy atom. The van der Waals surface area contributed by atoms with Crippen LogP contribution in [0.5, 0.6) is 0 Å². The van der Waals surface area contributed by atoms with E-state index >= 15 is 0 Å². The van der Waals surface area contributed by atoms with E-state index in [1.807, 2.05) is 18.3 Å². The molecule has 2 rings (SSSR count). The zero-order valence-electron chi connectivity index (χ0n) is 12.7. The minimum absolute atomic E-state index is 0.157. The molecule has 0 radical (unpaired) electrons. The molecular weight excluding hydrogens is 334 g/mol. The molecule has 2 aromatic heterocycles. The van der Waals surface area contributed by atoms with E-state index in [2.05, 4.69) is 70.9 Å². The summed E-state index contributed by atoms with van der Waals surface area (Å²) >= 11 is 5.43. The van der Waals surface area contributed by atoms with E-state index < -0.39 is 0 Å². The second-order valence-electron chi connectivity index (χ2n) is 6.11. The molecule has 3 nitrogen and oxygen atoms in total. The Morgan fingerprint density at radius 1 is 1.25 bits per heavy atom. The fraction of sp³-hybridized carbons (Fsp3) is 0.533. The SMILES string of the molecule is Cc1nn(Cc2ccc(CNC(C)(C)C)s2)c(C)c1Br. The molecule has 0 bridgehead atoms. The molecule has 0 spiro atoms. The van der Waals surface area contributed by atoms with E-state index in [0.29, 0.717) is 0 Å². The van der Waals surface area contributed by atoms with Gasteiger partial charge in [0.2, 0.25) is 0 Å². The third kappa shape index (κ3) is 3.93. The monoisotopic (exact) mass is 355 g/mol. The first-order valence-electron chi connectivity index (χ1n) is 6.78. The minimum atomic E-state index is 0.157. The molecule has 0 amide bonds. The van der Waals surface area contributed by atoms with Crippen LogP contribution in [0.4, 0.5) is 0 Å². The van der Waals surface area contributed by atoms with Gasteiger partial charge >= 0.3 is 0 Å². The van der Waals surface area contributed by atoms with Crippen molar-refractivity contribution in [3.8, 4) is 0 Å². The molecule has 0 unspecified atom stereocenters. The van der Waals surface area contributed by atoms with Crippen LogP contribution in [-0.4, -0.2) is 15.3 Å². The number of hydrogen-bond acceptors (Lipinski definition) is 3. The highest BCUT2D eigenvalue weighted by Gasteiger charge is 2.12. The van der Waals surface area contributed by atoms with Gasteiger partial charge in [-0.2, -0.15) is 5.10 Å². The lowest BCUT2D eigenvalue weighted by Gasteiger charge is -2.19. The molecule has 2 aromatic rings. The number of rotatable bonds is 4. The summed E-state index contributed by atoms with van der Waals surface area (Å²) in [5, 5.41) is 8.08. The van der Waals surface area contributed by atoms with E-state index in [-0.39, 0.29) is 5.54 Å². The van der Waals surface area contributed by atoms with Crippen LogP contribution < -0.4 is 5.32 Å². The number of thiophene rings is 1. The van der Waals surface area contributed by atoms with Crippen LogP contribution in [0.2, 0.25) is 0 Å². The van der Waals surface area contributed by atoms with E-state index in [9.17, 15) is 0 Å². The third-order valence-corrected chi connectivity index (χ3v) is 5.33. The lowest BCUT2D eigenvalue weighted by molar-refractivity contribution is 0.426. The highest BCUT2D eigenvalue weighted by atomic mass is 79.9. The highest BCUT2D eigenvalue weighted by molar-refractivity contribution is 9.10. The normalized spacial score (nSPS) is 12.1. The van der Waals surface area contributed by atoms with E-state index in [1.165, 1.54) is 15.4 Å². The van der Waals surface area contributed by atoms with Gasteiger partial charge in [0.25, 0.3) is 0 Å². The maximum Gasteiger partial charge on any atom is 0.0755 e. The van der Waals surface area contributed by atoms with Gasteiger partial charge in [-0.1, -0.05) is 0 Å². The molecular formula is C15H22BrN3S. The Labute approximate surface area is 133 Å². The van der Waals surface area contributed by atoms with Crippen LogP contribution in [0.25, 0.3) is 0 Å². The van der Waals surface area contributed by atoms with E-state index in [4.69, 9.17) is 0 Å². The van der Waals surface area contributed by atoms with Crippen LogP contribution in [0.3, 0.4) is 0 Å². The van der Waals surface area contributed by atoms with Gasteiger partial charge in [-0.15, -0.1) is 11.3 Å². The Morgan fingerprint density at radius 2 is 1.90 bits per heavy atom. The minimum Gasteiger partial charge on any atom is -0.307 e. The number of halogens is 1. The number of aromatic nitrogens is 2. The van der Waals surface area contributed by atoms with Crippen molar-refractivity contribution in [1.29, 1.82) is 0 Å². The second kappa shape index (κ2) is 6.00. The van der Waals surface area contributed by atoms with Crippen molar-refractivity contribution in [3.63, 3.8) is 0 Å². The molecule has 20 heavy (non-hydrogen) atoms. The summed E-state index contributed by atoms with van der Waals surface area (Å²) in [6.07, 6.45) is 0. The molecule has 0 aliphatic carbocycles. The summed E-state index contributed by atoms with van der Waals surface area (Å²) in [7, 11) is 0. The molecule has 0 fully saturated rings. The molecule has 2 heterocycles. The van der Waals surface area contributed by atoms with Crippen LogP contribution in [0.15, 0.2) is 16.6 Å². The predicted molar refractivity (Wildman–Crippen MR) is 89.4 cm³/mol. The fourth-order valence-corrected chi connectivity index (χ4v) is 3.16. The molecule has 1 N–H and O–H groups in total. The van der Waals surface area contributed by atoms with Crippen LogP contribution in [0.1, 0.15) is 41.9 Å². The fourth-order valence-electron chi connectivity index (χ4n) is 1.93. The third-order valence-electron chi connectivity index (χ3n) is 3.11. The number of nitrogens with one attached hydrogen (secondary N) is 1. The molecule has 5 heteroatoms. The molecule has 0 saturated carbocycles. The van der Waals surface area contributed by atoms with Gasteiger partial charge in [0.1, 0.15) is 0 Å². The summed E-state index contributed by atoms with van der Waals surface area (Å²) in [6, 6.07) is 4.41. The maximum atomic E-state index is 4.56. The zero-order chi connectivity index (χ0) is 14.9. The smallest absolute Gasteiger partial charge is 0.0755 e. The van der Waals surface area contributed by atoms with Crippen molar-refractivity contribution in [2.75, 3.05) is 0 Å². The van der Waals surface area contributed by atoms with Crippen molar-refractivity contribution < 1.29 is 0 Å². The van der Waals surface area contributed by atoms with E-state index in [0.717, 1.165) is 23.3 Å². The Bertz CT molecular complexity index is 593. The molecule has 0 atom stereocenters. The average molecular weight is 356 g/mol. The topological polar surface area (TPSA) is 29.9 Å². The first-order chi connectivity index (χ1) is 9.26. The number of aryl methyl sites for hydroxylation is 1. The van der Waals surface area contributed by atoms with Gasteiger partial charge < -0.3 is 5.32 Å². The second-order valence-corrected chi connectivity index (χ2v) is 8.16. The average Bonchev–Trinajstić information content (AvgIpc) is 2.88. The van der Waals surface area contributed by atoms with Gasteiger partial charge in [0.05, 0.1) is 22.4 Å². The Kier molecular flexibility index (Phi) is 4.72. The highest BCUT2D eigenvalue weighted by Crippen LogP contribution is 2.23. The Balaban J connectivity index is 2.04. The van der Waals surface area contributed by atoms with Crippen molar-refractivity contribution in [1.82, 2.24) is 15.1 Å². The summed E-state index contributed by atoms with van der Waals surface area (Å²) < 4.78 is 3.18. The lowest BCUT2D eigenvalue weighted by atomic mass is 10.1.